The Bertz CT molecular complexity index is 567. The van der Waals surface area contributed by atoms with Crippen molar-refractivity contribution < 1.29 is 4.79 Å². The van der Waals surface area contributed by atoms with Gasteiger partial charge in [0.25, 0.3) is 0 Å². The van der Waals surface area contributed by atoms with Crippen molar-refractivity contribution in [1.29, 1.82) is 0 Å². The van der Waals surface area contributed by atoms with E-state index in [-0.39, 0.29) is 5.91 Å². The molecule has 2 aromatic rings. The fourth-order valence-electron chi connectivity index (χ4n) is 2.17. The fourth-order valence-corrected chi connectivity index (χ4v) is 2.17. The van der Waals surface area contributed by atoms with Gasteiger partial charge in [0, 0.05) is 23.1 Å². The molecule has 0 unspecified atom stereocenters. The molecular weight excluding hydrogens is 212 g/mol. The molecule has 0 radical (unpaired) electrons. The topological polar surface area (TPSA) is 34.0 Å². The number of hydrogen-bond donors (Lipinski definition) is 1. The van der Waals surface area contributed by atoms with Crippen LogP contribution in [0.1, 0.15) is 18.4 Å². The fraction of sp³-hybridized carbons (Fsp3) is 0.357. The van der Waals surface area contributed by atoms with Gasteiger partial charge in [0.15, 0.2) is 0 Å². The van der Waals surface area contributed by atoms with E-state index < -0.39 is 0 Å². The van der Waals surface area contributed by atoms with E-state index in [1.54, 1.807) is 0 Å². The summed E-state index contributed by atoms with van der Waals surface area (Å²) in [5, 5.41) is 4.24. The highest BCUT2D eigenvalue weighted by Crippen LogP contribution is 2.20. The standard InChI is InChI=1S/C14H16N2O/c1-10-3-2-4-13-12(10)7-8-16(13)9-14(17)15-11-5-6-11/h2-4,7-8,11H,5-6,9H2,1H3,(H,15,17). The quantitative estimate of drug-likeness (QED) is 0.858. The van der Waals surface area contributed by atoms with Gasteiger partial charge in [0.2, 0.25) is 5.91 Å². The third kappa shape index (κ3) is 2.05. The van der Waals surface area contributed by atoms with E-state index in [0.717, 1.165) is 18.4 Å². The van der Waals surface area contributed by atoms with Gasteiger partial charge in [-0.3, -0.25) is 4.79 Å². The highest BCUT2D eigenvalue weighted by Gasteiger charge is 2.23. The molecule has 1 heterocycles. The average Bonchev–Trinajstić information content (AvgIpc) is 3.00. The number of carbonyl (C=O) groups is 1. The van der Waals surface area contributed by atoms with E-state index in [2.05, 4.69) is 30.4 Å². The van der Waals surface area contributed by atoms with E-state index in [0.29, 0.717) is 12.6 Å². The number of aryl methyl sites for hydroxylation is 1. The second-order valence-electron chi connectivity index (χ2n) is 4.79. The molecule has 1 fully saturated rings. The molecule has 3 rings (SSSR count). The van der Waals surface area contributed by atoms with E-state index in [4.69, 9.17) is 0 Å². The van der Waals surface area contributed by atoms with Crippen LogP contribution in [-0.2, 0) is 11.3 Å². The molecule has 1 N–H and O–H groups in total. The van der Waals surface area contributed by atoms with E-state index in [1.807, 2.05) is 16.8 Å². The third-order valence-corrected chi connectivity index (χ3v) is 3.29. The third-order valence-electron chi connectivity index (χ3n) is 3.29. The molecule has 0 bridgehead atoms. The first-order chi connectivity index (χ1) is 8.24. The maximum Gasteiger partial charge on any atom is 0.240 e. The van der Waals surface area contributed by atoms with Gasteiger partial charge >= 0.3 is 0 Å². The molecule has 88 valence electrons. The second kappa shape index (κ2) is 3.91. The molecule has 1 aromatic carbocycles. The van der Waals surface area contributed by atoms with Crippen molar-refractivity contribution in [2.24, 2.45) is 0 Å². The molecule has 0 atom stereocenters. The van der Waals surface area contributed by atoms with Crippen molar-refractivity contribution in [3.05, 3.63) is 36.0 Å². The number of amides is 1. The molecule has 1 amide bonds. The van der Waals surface area contributed by atoms with Gasteiger partial charge < -0.3 is 9.88 Å². The lowest BCUT2D eigenvalue weighted by atomic mass is 10.1. The zero-order chi connectivity index (χ0) is 11.8. The van der Waals surface area contributed by atoms with Crippen LogP contribution in [0.25, 0.3) is 10.9 Å². The van der Waals surface area contributed by atoms with Gasteiger partial charge in [-0.05, 0) is 37.5 Å². The summed E-state index contributed by atoms with van der Waals surface area (Å²) in [6, 6.07) is 8.71. The molecule has 1 aromatic heterocycles. The van der Waals surface area contributed by atoms with Gasteiger partial charge in [-0.15, -0.1) is 0 Å². The number of benzene rings is 1. The maximum absolute atomic E-state index is 11.8. The number of fused-ring (bicyclic) bond motifs is 1. The summed E-state index contributed by atoms with van der Waals surface area (Å²) in [7, 11) is 0. The summed E-state index contributed by atoms with van der Waals surface area (Å²) >= 11 is 0. The number of nitrogens with zero attached hydrogens (tertiary/aromatic N) is 1. The first kappa shape index (κ1) is 10.4. The van der Waals surface area contributed by atoms with Crippen LogP contribution in [0.3, 0.4) is 0 Å². The minimum atomic E-state index is 0.117. The number of nitrogens with one attached hydrogen (secondary N) is 1. The van der Waals surface area contributed by atoms with Gasteiger partial charge in [0.1, 0.15) is 6.54 Å². The molecular formula is C14H16N2O. The zero-order valence-electron chi connectivity index (χ0n) is 9.94. The highest BCUT2D eigenvalue weighted by atomic mass is 16.2. The van der Waals surface area contributed by atoms with E-state index >= 15 is 0 Å². The van der Waals surface area contributed by atoms with Gasteiger partial charge in [0.05, 0.1) is 0 Å². The van der Waals surface area contributed by atoms with Crippen molar-refractivity contribution in [2.75, 3.05) is 0 Å². The Hall–Kier alpha value is -1.77. The maximum atomic E-state index is 11.8. The van der Waals surface area contributed by atoms with Crippen LogP contribution < -0.4 is 5.32 Å². The largest absolute Gasteiger partial charge is 0.352 e. The molecule has 3 nitrogen and oxygen atoms in total. The Morgan fingerprint density at radius 3 is 3.00 bits per heavy atom. The summed E-state index contributed by atoms with van der Waals surface area (Å²) in [4.78, 5) is 11.8. The molecule has 0 aliphatic heterocycles. The van der Waals surface area contributed by atoms with Gasteiger partial charge in [-0.2, -0.15) is 0 Å². The monoisotopic (exact) mass is 228 g/mol. The molecule has 1 aliphatic rings. The predicted octanol–water partition coefficient (Wildman–Crippen LogP) is 2.23. The smallest absolute Gasteiger partial charge is 0.240 e. The van der Waals surface area contributed by atoms with Crippen LogP contribution >= 0.6 is 0 Å². The first-order valence-corrected chi connectivity index (χ1v) is 6.08. The average molecular weight is 228 g/mol. The van der Waals surface area contributed by atoms with Crippen molar-refractivity contribution in [1.82, 2.24) is 9.88 Å². The lowest BCUT2D eigenvalue weighted by molar-refractivity contribution is -0.121. The minimum Gasteiger partial charge on any atom is -0.352 e. The number of carbonyl (C=O) groups excluding carboxylic acids is 1. The molecule has 3 heteroatoms. The Labute approximate surface area is 100 Å². The van der Waals surface area contributed by atoms with E-state index in [1.165, 1.54) is 10.9 Å². The van der Waals surface area contributed by atoms with Crippen molar-refractivity contribution in [2.45, 2.75) is 32.4 Å². The van der Waals surface area contributed by atoms with Crippen molar-refractivity contribution in [3.63, 3.8) is 0 Å². The lowest BCUT2D eigenvalue weighted by Crippen LogP contribution is -2.28. The van der Waals surface area contributed by atoms with Crippen LogP contribution in [0.2, 0.25) is 0 Å². The highest BCUT2D eigenvalue weighted by molar-refractivity contribution is 5.85. The zero-order valence-corrected chi connectivity index (χ0v) is 9.94. The number of aromatic nitrogens is 1. The Kier molecular flexibility index (Phi) is 2.39. The van der Waals surface area contributed by atoms with Crippen LogP contribution in [0.5, 0.6) is 0 Å². The normalized spacial score (nSPS) is 15.1. The molecule has 17 heavy (non-hydrogen) atoms. The second-order valence-corrected chi connectivity index (χ2v) is 4.79. The number of rotatable bonds is 3. The molecule has 0 spiro atoms. The first-order valence-electron chi connectivity index (χ1n) is 6.08. The van der Waals surface area contributed by atoms with E-state index in [9.17, 15) is 4.79 Å². The van der Waals surface area contributed by atoms with Crippen molar-refractivity contribution in [3.8, 4) is 0 Å². The minimum absolute atomic E-state index is 0.117. The van der Waals surface area contributed by atoms with Crippen LogP contribution in [0, 0.1) is 6.92 Å². The van der Waals surface area contributed by atoms with Crippen LogP contribution in [0.4, 0.5) is 0 Å². The number of hydrogen-bond acceptors (Lipinski definition) is 1. The van der Waals surface area contributed by atoms with Gasteiger partial charge in [-0.1, -0.05) is 12.1 Å². The Morgan fingerprint density at radius 2 is 2.24 bits per heavy atom. The summed E-state index contributed by atoms with van der Waals surface area (Å²) in [5.74, 6) is 0.117. The van der Waals surface area contributed by atoms with Crippen LogP contribution in [0.15, 0.2) is 30.5 Å². The predicted molar refractivity (Wildman–Crippen MR) is 67.8 cm³/mol. The molecule has 1 aliphatic carbocycles. The lowest BCUT2D eigenvalue weighted by Gasteiger charge is -2.06. The van der Waals surface area contributed by atoms with Crippen molar-refractivity contribution >= 4 is 16.8 Å². The molecule has 0 saturated heterocycles. The van der Waals surface area contributed by atoms with Crippen LogP contribution in [-0.4, -0.2) is 16.5 Å². The van der Waals surface area contributed by atoms with Gasteiger partial charge in [-0.25, -0.2) is 0 Å². The Morgan fingerprint density at radius 1 is 1.41 bits per heavy atom. The Balaban J connectivity index is 1.84. The summed E-state index contributed by atoms with van der Waals surface area (Å²) in [6.07, 6.45) is 4.26. The SMILES string of the molecule is Cc1cccc2c1ccn2CC(=O)NC1CC1. The summed E-state index contributed by atoms with van der Waals surface area (Å²) < 4.78 is 2.01. The molecule has 1 saturated carbocycles. The summed E-state index contributed by atoms with van der Waals surface area (Å²) in [6.45, 7) is 2.51. The summed E-state index contributed by atoms with van der Waals surface area (Å²) in [5.41, 5.74) is 2.39.